The van der Waals surface area contributed by atoms with E-state index >= 15 is 0 Å². The molecule has 3 heteroatoms. The predicted molar refractivity (Wildman–Crippen MR) is 48.9 cm³/mol. The first-order valence-corrected chi connectivity index (χ1v) is 4.44. The molecule has 0 saturated carbocycles. The van der Waals surface area contributed by atoms with Gasteiger partial charge in [-0.05, 0) is 19.1 Å². The number of aromatic nitrogens is 2. The highest BCUT2D eigenvalue weighted by Gasteiger charge is 2.01. The first-order chi connectivity index (χ1) is 5.86. The lowest BCUT2D eigenvalue weighted by molar-refractivity contribution is 1.28. The first kappa shape index (κ1) is 7.43. The van der Waals surface area contributed by atoms with Crippen LogP contribution in [0.25, 0.3) is 10.7 Å². The summed E-state index contributed by atoms with van der Waals surface area (Å²) in [4.78, 5) is 9.40. The van der Waals surface area contributed by atoms with Crippen LogP contribution in [0.5, 0.6) is 0 Å². The third-order valence-corrected chi connectivity index (χ3v) is 2.34. The molecule has 2 rings (SSSR count). The number of thiazole rings is 1. The lowest BCUT2D eigenvalue weighted by Crippen LogP contribution is -1.78. The van der Waals surface area contributed by atoms with Crippen LogP contribution in [0.4, 0.5) is 0 Å². The molecular weight excluding hydrogens is 168 g/mol. The van der Waals surface area contributed by atoms with Gasteiger partial charge in [0.25, 0.3) is 0 Å². The second-order valence-electron chi connectivity index (χ2n) is 2.40. The van der Waals surface area contributed by atoms with Gasteiger partial charge in [0.1, 0.15) is 11.2 Å². The summed E-state index contributed by atoms with van der Waals surface area (Å²) in [6.45, 7) is 1.99. The van der Waals surface area contributed by atoms with Crippen LogP contribution >= 0.6 is 11.3 Å². The van der Waals surface area contributed by atoms with Crippen LogP contribution in [-0.2, 0) is 0 Å². The Morgan fingerprint density at radius 3 is 2.92 bits per heavy atom. The van der Waals surface area contributed by atoms with Gasteiger partial charge >= 0.3 is 0 Å². The fourth-order valence-corrected chi connectivity index (χ4v) is 1.62. The molecule has 1 radical (unpaired) electrons. The predicted octanol–water partition coefficient (Wildman–Crippen LogP) is 2.31. The fraction of sp³-hybridized carbons (Fsp3) is 0.111. The molecule has 59 valence electrons. The number of rotatable bonds is 1. The number of pyridine rings is 1. The van der Waals surface area contributed by atoms with Gasteiger partial charge in [-0.25, -0.2) is 4.98 Å². The van der Waals surface area contributed by atoms with Crippen LogP contribution < -0.4 is 0 Å². The Morgan fingerprint density at radius 2 is 2.33 bits per heavy atom. The molecule has 2 nitrogen and oxygen atoms in total. The smallest absolute Gasteiger partial charge is 0.142 e. The van der Waals surface area contributed by atoms with E-state index in [1.807, 2.05) is 25.1 Å². The van der Waals surface area contributed by atoms with E-state index in [2.05, 4.69) is 16.2 Å². The molecule has 0 N–H and O–H groups in total. The first-order valence-electron chi connectivity index (χ1n) is 3.63. The Hall–Kier alpha value is -1.22. The van der Waals surface area contributed by atoms with Crippen molar-refractivity contribution in [3.63, 3.8) is 0 Å². The molecule has 0 atom stereocenters. The third-order valence-electron chi connectivity index (χ3n) is 1.45. The highest BCUT2D eigenvalue weighted by atomic mass is 32.1. The second-order valence-corrected chi connectivity index (χ2v) is 3.61. The Labute approximate surface area is 74.9 Å². The molecule has 0 aliphatic heterocycles. The zero-order valence-corrected chi connectivity index (χ0v) is 7.43. The summed E-state index contributed by atoms with van der Waals surface area (Å²) in [5, 5.41) is 0.938. The highest BCUT2D eigenvalue weighted by molar-refractivity contribution is 7.14. The standard InChI is InChI=1S/C9H7N2S/c1-7-6-11-9(12-7)8-4-2-3-5-10-8/h2-5H,1H3. The van der Waals surface area contributed by atoms with Crippen molar-refractivity contribution in [3.8, 4) is 10.7 Å². The van der Waals surface area contributed by atoms with Crippen molar-refractivity contribution in [3.05, 3.63) is 35.5 Å². The summed E-state index contributed by atoms with van der Waals surface area (Å²) in [5.74, 6) is 0. The summed E-state index contributed by atoms with van der Waals surface area (Å²) in [6.07, 6.45) is 4.67. The number of hydrogen-bond donors (Lipinski definition) is 0. The van der Waals surface area contributed by atoms with Crippen molar-refractivity contribution in [2.24, 2.45) is 0 Å². The topological polar surface area (TPSA) is 25.8 Å². The monoisotopic (exact) mass is 175 g/mol. The molecular formula is C9H7N2S. The van der Waals surface area contributed by atoms with Gasteiger partial charge in [-0.3, -0.25) is 4.98 Å². The van der Waals surface area contributed by atoms with Crippen molar-refractivity contribution in [2.45, 2.75) is 6.92 Å². The molecule has 2 aromatic rings. The molecule has 12 heavy (non-hydrogen) atoms. The van der Waals surface area contributed by atoms with Gasteiger partial charge in [-0.1, -0.05) is 6.07 Å². The fourth-order valence-electron chi connectivity index (χ4n) is 0.919. The SMILES string of the molecule is Cc1[c]nc(-c2ccccn2)s1. The van der Waals surface area contributed by atoms with E-state index in [9.17, 15) is 0 Å². The normalized spacial score (nSPS) is 10.1. The van der Waals surface area contributed by atoms with E-state index in [0.717, 1.165) is 15.6 Å². The second kappa shape index (κ2) is 3.03. The van der Waals surface area contributed by atoms with Gasteiger partial charge in [-0.2, -0.15) is 0 Å². The van der Waals surface area contributed by atoms with Gasteiger partial charge < -0.3 is 0 Å². The molecule has 0 aliphatic carbocycles. The Balaban J connectivity index is 2.45. The average Bonchev–Trinajstić information content (AvgIpc) is 2.54. The van der Waals surface area contributed by atoms with E-state index in [4.69, 9.17) is 0 Å². The molecule has 0 spiro atoms. The molecule has 0 bridgehead atoms. The minimum absolute atomic E-state index is 0.923. The van der Waals surface area contributed by atoms with Crippen LogP contribution in [0, 0.1) is 13.1 Å². The van der Waals surface area contributed by atoms with Crippen molar-refractivity contribution in [2.75, 3.05) is 0 Å². The molecule has 0 aromatic carbocycles. The molecule has 2 aromatic heterocycles. The summed E-state index contributed by atoms with van der Waals surface area (Å²) in [6, 6.07) is 5.80. The van der Waals surface area contributed by atoms with E-state index in [1.165, 1.54) is 0 Å². The van der Waals surface area contributed by atoms with Gasteiger partial charge in [0.15, 0.2) is 0 Å². The van der Waals surface area contributed by atoms with Crippen molar-refractivity contribution < 1.29 is 0 Å². The van der Waals surface area contributed by atoms with Crippen LogP contribution in [0.1, 0.15) is 4.88 Å². The number of aryl methyl sites for hydroxylation is 1. The summed E-state index contributed by atoms with van der Waals surface area (Å²) in [5.41, 5.74) is 0.923. The lowest BCUT2D eigenvalue weighted by atomic mass is 10.4. The van der Waals surface area contributed by atoms with Gasteiger partial charge in [0.05, 0.1) is 5.69 Å². The van der Waals surface area contributed by atoms with Crippen LogP contribution in [-0.4, -0.2) is 9.97 Å². The molecule has 0 fully saturated rings. The maximum absolute atomic E-state index is 4.19. The lowest BCUT2D eigenvalue weighted by Gasteiger charge is -1.91. The number of hydrogen-bond acceptors (Lipinski definition) is 3. The third kappa shape index (κ3) is 1.36. The van der Waals surface area contributed by atoms with E-state index in [-0.39, 0.29) is 0 Å². The van der Waals surface area contributed by atoms with Crippen molar-refractivity contribution in [1.29, 1.82) is 0 Å². The summed E-state index contributed by atoms with van der Waals surface area (Å²) < 4.78 is 0. The Morgan fingerprint density at radius 1 is 1.42 bits per heavy atom. The number of nitrogens with zero attached hydrogens (tertiary/aromatic N) is 2. The summed E-state index contributed by atoms with van der Waals surface area (Å²) in [7, 11) is 0. The minimum Gasteiger partial charge on any atom is -0.254 e. The Bertz CT molecular complexity index is 367. The van der Waals surface area contributed by atoms with Crippen LogP contribution in [0.2, 0.25) is 0 Å². The molecule has 0 amide bonds. The van der Waals surface area contributed by atoms with Crippen molar-refractivity contribution >= 4 is 11.3 Å². The van der Waals surface area contributed by atoms with E-state index < -0.39 is 0 Å². The molecule has 0 unspecified atom stereocenters. The molecule has 0 aliphatic rings. The van der Waals surface area contributed by atoms with Crippen LogP contribution in [0.15, 0.2) is 24.4 Å². The van der Waals surface area contributed by atoms with E-state index in [1.54, 1.807) is 17.5 Å². The zero-order chi connectivity index (χ0) is 8.39. The van der Waals surface area contributed by atoms with Crippen molar-refractivity contribution in [1.82, 2.24) is 9.97 Å². The minimum atomic E-state index is 0.923. The summed E-state index contributed by atoms with van der Waals surface area (Å²) >= 11 is 1.61. The maximum atomic E-state index is 4.19. The maximum Gasteiger partial charge on any atom is 0.142 e. The van der Waals surface area contributed by atoms with E-state index in [0.29, 0.717) is 0 Å². The van der Waals surface area contributed by atoms with Gasteiger partial charge in [-0.15, -0.1) is 11.3 Å². The van der Waals surface area contributed by atoms with Gasteiger partial charge in [0.2, 0.25) is 0 Å². The zero-order valence-electron chi connectivity index (χ0n) is 6.61. The quantitative estimate of drug-likeness (QED) is 0.664. The largest absolute Gasteiger partial charge is 0.254 e. The molecule has 2 heterocycles. The van der Waals surface area contributed by atoms with Gasteiger partial charge in [0, 0.05) is 11.1 Å². The average molecular weight is 175 g/mol. The Kier molecular flexibility index (Phi) is 1.87. The van der Waals surface area contributed by atoms with Crippen LogP contribution in [0.3, 0.4) is 0 Å². The highest BCUT2D eigenvalue weighted by Crippen LogP contribution is 2.21. The molecule has 0 saturated heterocycles.